The molecule has 1 unspecified atom stereocenters. The van der Waals surface area contributed by atoms with Gasteiger partial charge in [0.15, 0.2) is 12.2 Å². The van der Waals surface area contributed by atoms with Gasteiger partial charge in [-0.05, 0) is 19.3 Å². The molecule has 4 rings (SSSR count). The van der Waals surface area contributed by atoms with E-state index in [9.17, 15) is 4.79 Å². The van der Waals surface area contributed by atoms with E-state index in [0.29, 0.717) is 37.8 Å². The lowest BCUT2D eigenvalue weighted by molar-refractivity contribution is -0.180. The molecule has 2 aliphatic rings. The van der Waals surface area contributed by atoms with Crippen molar-refractivity contribution in [3.05, 3.63) is 42.0 Å². The SMILES string of the molecule is CC(C)(CON=C1CCN(c2ncc(-c3cccc(COC(=O)N=C(N)N)c3F)cn2)CC1)COC1CCCCO1. The quantitative estimate of drug-likeness (QED) is 0.244. The van der Waals surface area contributed by atoms with Gasteiger partial charge in [0.05, 0.1) is 12.3 Å². The maximum absolute atomic E-state index is 15.1. The molecule has 0 bridgehead atoms. The number of carbonyl (C=O) groups is 1. The second-order valence-electron chi connectivity index (χ2n) is 10.8. The monoisotopic (exact) mass is 571 g/mol. The van der Waals surface area contributed by atoms with Gasteiger partial charge < -0.3 is 35.4 Å². The van der Waals surface area contributed by atoms with Crippen molar-refractivity contribution in [3.63, 3.8) is 0 Å². The highest BCUT2D eigenvalue weighted by Crippen LogP contribution is 2.26. The van der Waals surface area contributed by atoms with Crippen LogP contribution in [0.5, 0.6) is 0 Å². The second kappa shape index (κ2) is 14.2. The Bertz CT molecular complexity index is 1220. The zero-order valence-corrected chi connectivity index (χ0v) is 23.6. The minimum absolute atomic E-state index is 0.117. The van der Waals surface area contributed by atoms with Crippen LogP contribution in [0.15, 0.2) is 40.7 Å². The third-order valence-corrected chi connectivity index (χ3v) is 6.67. The summed E-state index contributed by atoms with van der Waals surface area (Å²) < 4.78 is 31.5. The first-order valence-electron chi connectivity index (χ1n) is 13.7. The number of nitrogens with two attached hydrogens (primary N) is 2. The summed E-state index contributed by atoms with van der Waals surface area (Å²) in [6.07, 6.45) is 6.66. The Balaban J connectivity index is 1.25. The van der Waals surface area contributed by atoms with Gasteiger partial charge in [-0.25, -0.2) is 19.2 Å². The summed E-state index contributed by atoms with van der Waals surface area (Å²) >= 11 is 0. The lowest BCUT2D eigenvalue weighted by Gasteiger charge is -2.29. The van der Waals surface area contributed by atoms with Gasteiger partial charge in [-0.3, -0.25) is 0 Å². The average molecular weight is 572 g/mol. The Kier molecular flexibility index (Phi) is 10.4. The molecule has 1 aromatic heterocycles. The van der Waals surface area contributed by atoms with Crippen molar-refractivity contribution in [2.75, 3.05) is 37.8 Å². The molecular formula is C28H38FN7O5. The van der Waals surface area contributed by atoms with Crippen molar-refractivity contribution in [2.24, 2.45) is 27.0 Å². The average Bonchev–Trinajstić information content (AvgIpc) is 2.96. The predicted octanol–water partition coefficient (Wildman–Crippen LogP) is 3.73. The number of hydrogen-bond acceptors (Lipinski definition) is 9. The van der Waals surface area contributed by atoms with Gasteiger partial charge in [-0.15, -0.1) is 4.99 Å². The standard InChI is InChI=1S/C28H38FN7O5/c1-28(2,17-40-23-8-3-4-13-38-23)18-41-35-21-9-11-36(12-10-21)26-32-14-20(15-33-26)22-7-5-6-19(24(22)29)16-39-27(37)34-25(30)31/h5-7,14-15,23H,3-4,8-13,16-18H2,1-2H3,(H4,30,31,34,37). The molecule has 1 atom stereocenters. The summed E-state index contributed by atoms with van der Waals surface area (Å²) in [7, 11) is 0. The van der Waals surface area contributed by atoms with Gasteiger partial charge in [-0.2, -0.15) is 0 Å². The fourth-order valence-electron chi connectivity index (χ4n) is 4.37. The molecule has 0 radical (unpaired) electrons. The number of hydrogen-bond donors (Lipinski definition) is 2. The molecule has 41 heavy (non-hydrogen) atoms. The number of nitrogens with zero attached hydrogens (tertiary/aromatic N) is 5. The van der Waals surface area contributed by atoms with E-state index in [1.807, 2.05) is 0 Å². The van der Waals surface area contributed by atoms with Crippen LogP contribution in [0, 0.1) is 11.2 Å². The molecule has 2 aromatic rings. The lowest BCUT2D eigenvalue weighted by atomic mass is 9.96. The van der Waals surface area contributed by atoms with Gasteiger partial charge in [-0.1, -0.05) is 37.2 Å². The molecule has 0 aliphatic carbocycles. The number of guanidine groups is 1. The van der Waals surface area contributed by atoms with Gasteiger partial charge in [0, 0.05) is 67.0 Å². The van der Waals surface area contributed by atoms with Gasteiger partial charge in [0.25, 0.3) is 0 Å². The van der Waals surface area contributed by atoms with Gasteiger partial charge in [0.1, 0.15) is 19.0 Å². The summed E-state index contributed by atoms with van der Waals surface area (Å²) in [6, 6.07) is 4.77. The van der Waals surface area contributed by atoms with Crippen molar-refractivity contribution in [2.45, 2.75) is 58.8 Å². The number of amides is 1. The van der Waals surface area contributed by atoms with Crippen molar-refractivity contribution >= 4 is 23.7 Å². The summed E-state index contributed by atoms with van der Waals surface area (Å²) in [6.45, 7) is 7.00. The Hall–Kier alpha value is -3.84. The molecule has 2 aliphatic heterocycles. The van der Waals surface area contributed by atoms with E-state index in [2.05, 4.69) is 38.9 Å². The number of carbonyl (C=O) groups excluding carboxylic acids is 1. The van der Waals surface area contributed by atoms with E-state index in [1.165, 1.54) is 6.07 Å². The highest BCUT2D eigenvalue weighted by molar-refractivity contribution is 5.88. The van der Waals surface area contributed by atoms with Crippen molar-refractivity contribution in [3.8, 4) is 11.1 Å². The van der Waals surface area contributed by atoms with Crippen molar-refractivity contribution in [1.29, 1.82) is 0 Å². The Morgan fingerprint density at radius 1 is 1.17 bits per heavy atom. The van der Waals surface area contributed by atoms with Crippen molar-refractivity contribution in [1.82, 2.24) is 9.97 Å². The summed E-state index contributed by atoms with van der Waals surface area (Å²) in [4.78, 5) is 31.4. The minimum atomic E-state index is -0.998. The topological polar surface area (TPSA) is 160 Å². The first-order chi connectivity index (χ1) is 19.7. The zero-order chi connectivity index (χ0) is 29.2. The Labute approximate surface area is 238 Å². The summed E-state index contributed by atoms with van der Waals surface area (Å²) in [5, 5.41) is 4.37. The first-order valence-corrected chi connectivity index (χ1v) is 13.7. The molecule has 3 heterocycles. The van der Waals surface area contributed by atoms with Crippen LogP contribution in [0.1, 0.15) is 51.5 Å². The number of ether oxygens (including phenoxy) is 3. The molecule has 1 aromatic carbocycles. The lowest BCUT2D eigenvalue weighted by Crippen LogP contribution is -2.35. The van der Waals surface area contributed by atoms with Crippen LogP contribution >= 0.6 is 0 Å². The van der Waals surface area contributed by atoms with E-state index in [0.717, 1.165) is 44.4 Å². The normalized spacial score (nSPS) is 17.6. The molecule has 1 amide bonds. The summed E-state index contributed by atoms with van der Waals surface area (Å²) in [5.74, 6) is -0.421. The van der Waals surface area contributed by atoms with E-state index < -0.39 is 17.9 Å². The number of anilines is 1. The third-order valence-electron chi connectivity index (χ3n) is 6.67. The van der Waals surface area contributed by atoms with E-state index in [4.69, 9.17) is 30.5 Å². The molecule has 13 heteroatoms. The highest BCUT2D eigenvalue weighted by atomic mass is 19.1. The van der Waals surface area contributed by atoms with Crippen LogP contribution in [0.2, 0.25) is 0 Å². The number of aromatic nitrogens is 2. The van der Waals surface area contributed by atoms with Crippen LogP contribution in [-0.2, 0) is 25.7 Å². The highest BCUT2D eigenvalue weighted by Gasteiger charge is 2.24. The second-order valence-corrected chi connectivity index (χ2v) is 10.8. The largest absolute Gasteiger partial charge is 0.443 e. The van der Waals surface area contributed by atoms with E-state index >= 15 is 4.39 Å². The molecule has 0 spiro atoms. The first kappa shape index (κ1) is 30.1. The fraction of sp³-hybridized carbons (Fsp3) is 0.536. The maximum Gasteiger partial charge on any atom is 0.437 e. The fourth-order valence-corrected chi connectivity index (χ4v) is 4.37. The van der Waals surface area contributed by atoms with Crippen LogP contribution < -0.4 is 16.4 Å². The number of aliphatic imine (C=N–C) groups is 1. The van der Waals surface area contributed by atoms with Gasteiger partial charge in [0.2, 0.25) is 5.95 Å². The molecule has 12 nitrogen and oxygen atoms in total. The number of oxime groups is 1. The van der Waals surface area contributed by atoms with Gasteiger partial charge >= 0.3 is 6.09 Å². The number of halogens is 1. The summed E-state index contributed by atoms with van der Waals surface area (Å²) in [5.41, 5.74) is 12.1. The number of piperidine rings is 1. The van der Waals surface area contributed by atoms with Crippen LogP contribution in [-0.4, -0.2) is 66.9 Å². The predicted molar refractivity (Wildman–Crippen MR) is 152 cm³/mol. The minimum Gasteiger partial charge on any atom is -0.443 e. The Morgan fingerprint density at radius 3 is 2.61 bits per heavy atom. The number of rotatable bonds is 10. The van der Waals surface area contributed by atoms with E-state index in [-0.39, 0.29) is 29.4 Å². The molecule has 0 saturated carbocycles. The van der Waals surface area contributed by atoms with Crippen LogP contribution in [0.25, 0.3) is 11.1 Å². The Morgan fingerprint density at radius 2 is 1.93 bits per heavy atom. The molecule has 2 fully saturated rings. The zero-order valence-electron chi connectivity index (χ0n) is 23.6. The molecule has 2 saturated heterocycles. The molecule has 222 valence electrons. The molecule has 4 N–H and O–H groups in total. The third kappa shape index (κ3) is 9.08. The number of benzene rings is 1. The molecular weight excluding hydrogens is 533 g/mol. The van der Waals surface area contributed by atoms with E-state index in [1.54, 1.807) is 24.5 Å². The smallest absolute Gasteiger partial charge is 0.437 e. The van der Waals surface area contributed by atoms with Crippen LogP contribution in [0.4, 0.5) is 15.1 Å². The maximum atomic E-state index is 15.1. The van der Waals surface area contributed by atoms with Crippen molar-refractivity contribution < 1.29 is 28.2 Å². The van der Waals surface area contributed by atoms with Crippen LogP contribution in [0.3, 0.4) is 0 Å².